The Morgan fingerprint density at radius 3 is 2.84 bits per heavy atom. The predicted octanol–water partition coefficient (Wildman–Crippen LogP) is 3.60. The molecule has 0 spiro atoms. The minimum atomic E-state index is 0.497. The molecule has 2 rings (SSSR count). The van der Waals surface area contributed by atoms with Gasteiger partial charge in [0.05, 0.1) is 6.20 Å². The van der Waals surface area contributed by atoms with Crippen LogP contribution in [0.4, 0.5) is 0 Å². The van der Waals surface area contributed by atoms with Crippen LogP contribution in [0.1, 0.15) is 63.3 Å². The minimum Gasteiger partial charge on any atom is -0.310 e. The Balaban J connectivity index is 2.17. The molecule has 3 nitrogen and oxygen atoms in total. The van der Waals surface area contributed by atoms with E-state index in [9.17, 15) is 0 Å². The first-order chi connectivity index (χ1) is 9.13. The first-order valence-corrected chi connectivity index (χ1v) is 7.85. The molecule has 1 aromatic heterocycles. The van der Waals surface area contributed by atoms with Crippen LogP contribution < -0.4 is 5.32 Å². The zero-order chi connectivity index (χ0) is 13.8. The molecule has 0 aromatic carbocycles. The fourth-order valence-corrected chi connectivity index (χ4v) is 3.44. The molecule has 3 unspecified atom stereocenters. The summed E-state index contributed by atoms with van der Waals surface area (Å²) >= 11 is 0. The van der Waals surface area contributed by atoms with E-state index in [0.29, 0.717) is 6.04 Å². The van der Waals surface area contributed by atoms with Gasteiger partial charge in [0.15, 0.2) is 0 Å². The normalized spacial score (nSPS) is 25.5. The van der Waals surface area contributed by atoms with E-state index >= 15 is 0 Å². The lowest BCUT2D eigenvalue weighted by Gasteiger charge is -2.34. The molecule has 3 heteroatoms. The molecular weight excluding hydrogens is 234 g/mol. The topological polar surface area (TPSA) is 29.9 Å². The molecule has 0 bridgehead atoms. The fraction of sp³-hybridized carbons (Fsp3) is 0.812. The van der Waals surface area contributed by atoms with Crippen LogP contribution in [0.2, 0.25) is 0 Å². The predicted molar refractivity (Wildman–Crippen MR) is 80.1 cm³/mol. The van der Waals surface area contributed by atoms with Crippen LogP contribution in [0.3, 0.4) is 0 Å². The summed E-state index contributed by atoms with van der Waals surface area (Å²) in [6.07, 6.45) is 8.77. The number of rotatable bonds is 5. The van der Waals surface area contributed by atoms with Crippen molar-refractivity contribution in [2.24, 2.45) is 18.9 Å². The number of hydrogen-bond acceptors (Lipinski definition) is 2. The average molecular weight is 263 g/mol. The summed E-state index contributed by atoms with van der Waals surface area (Å²) in [5, 5.41) is 8.21. The number of nitrogens with one attached hydrogen (secondary N) is 1. The molecule has 0 radical (unpaired) electrons. The summed E-state index contributed by atoms with van der Waals surface area (Å²) in [6.45, 7) is 7.93. The first-order valence-electron chi connectivity index (χ1n) is 7.85. The van der Waals surface area contributed by atoms with E-state index in [2.05, 4.69) is 37.4 Å². The van der Waals surface area contributed by atoms with Gasteiger partial charge in [-0.25, -0.2) is 0 Å². The Bertz CT molecular complexity index is 397. The molecule has 108 valence electrons. The Morgan fingerprint density at radius 2 is 2.26 bits per heavy atom. The van der Waals surface area contributed by atoms with E-state index < -0.39 is 0 Å². The highest BCUT2D eigenvalue weighted by molar-refractivity contribution is 5.21. The summed E-state index contributed by atoms with van der Waals surface area (Å²) in [6, 6.07) is 0.497. The van der Waals surface area contributed by atoms with Gasteiger partial charge in [0.25, 0.3) is 0 Å². The van der Waals surface area contributed by atoms with Gasteiger partial charge in [0, 0.05) is 24.3 Å². The molecule has 1 saturated carbocycles. The number of hydrogen-bond donors (Lipinski definition) is 1. The zero-order valence-corrected chi connectivity index (χ0v) is 12.9. The molecule has 0 amide bonds. The summed E-state index contributed by atoms with van der Waals surface area (Å²) in [4.78, 5) is 0. The molecule has 1 fully saturated rings. The molecule has 0 saturated heterocycles. The second kappa shape index (κ2) is 6.56. The summed E-state index contributed by atoms with van der Waals surface area (Å²) in [5.41, 5.74) is 2.72. The van der Waals surface area contributed by atoms with Crippen LogP contribution in [0.25, 0.3) is 0 Å². The maximum absolute atomic E-state index is 4.44. The monoisotopic (exact) mass is 263 g/mol. The van der Waals surface area contributed by atoms with Crippen LogP contribution in [0, 0.1) is 18.8 Å². The van der Waals surface area contributed by atoms with E-state index in [0.717, 1.165) is 18.4 Å². The van der Waals surface area contributed by atoms with Crippen molar-refractivity contribution in [2.45, 2.75) is 58.9 Å². The largest absolute Gasteiger partial charge is 0.310 e. The number of nitrogens with zero attached hydrogens (tertiary/aromatic N) is 2. The maximum Gasteiger partial charge on any atom is 0.0540 e. The second-order valence-electron chi connectivity index (χ2n) is 6.27. The number of aryl methyl sites for hydroxylation is 1. The minimum absolute atomic E-state index is 0.497. The van der Waals surface area contributed by atoms with E-state index in [1.165, 1.54) is 43.4 Å². The number of aromatic nitrogens is 2. The van der Waals surface area contributed by atoms with Crippen LogP contribution >= 0.6 is 0 Å². The van der Waals surface area contributed by atoms with Crippen molar-refractivity contribution in [1.82, 2.24) is 15.1 Å². The van der Waals surface area contributed by atoms with Crippen molar-refractivity contribution < 1.29 is 0 Å². The van der Waals surface area contributed by atoms with Crippen molar-refractivity contribution in [3.8, 4) is 0 Å². The smallest absolute Gasteiger partial charge is 0.0540 e. The van der Waals surface area contributed by atoms with Gasteiger partial charge in [0.2, 0.25) is 0 Å². The zero-order valence-electron chi connectivity index (χ0n) is 12.9. The standard InChI is InChI=1S/C16H29N3/c1-5-9-17-16(14-8-6-7-12(2)10-14)15-11-18-19(4)13(15)3/h11-12,14,16-17H,5-10H2,1-4H3. The average Bonchev–Trinajstić information content (AvgIpc) is 2.72. The van der Waals surface area contributed by atoms with Crippen LogP contribution in [0.5, 0.6) is 0 Å². The van der Waals surface area contributed by atoms with Crippen molar-refractivity contribution in [2.75, 3.05) is 6.54 Å². The molecular formula is C16H29N3. The lowest BCUT2D eigenvalue weighted by molar-refractivity contribution is 0.223. The van der Waals surface area contributed by atoms with Crippen LogP contribution in [-0.2, 0) is 7.05 Å². The summed E-state index contributed by atoms with van der Waals surface area (Å²) < 4.78 is 2.00. The molecule has 1 aliphatic carbocycles. The van der Waals surface area contributed by atoms with Gasteiger partial charge in [-0.1, -0.05) is 26.7 Å². The third-order valence-corrected chi connectivity index (χ3v) is 4.67. The van der Waals surface area contributed by atoms with Gasteiger partial charge in [-0.3, -0.25) is 4.68 Å². The molecule has 1 aromatic rings. The molecule has 19 heavy (non-hydrogen) atoms. The van der Waals surface area contributed by atoms with E-state index in [1.807, 2.05) is 11.7 Å². The Morgan fingerprint density at radius 1 is 1.47 bits per heavy atom. The maximum atomic E-state index is 4.44. The van der Waals surface area contributed by atoms with Gasteiger partial charge in [-0.2, -0.15) is 5.10 Å². The lowest BCUT2D eigenvalue weighted by atomic mass is 9.76. The Labute approximate surface area is 117 Å². The highest BCUT2D eigenvalue weighted by Gasteiger charge is 2.29. The van der Waals surface area contributed by atoms with Gasteiger partial charge in [0.1, 0.15) is 0 Å². The van der Waals surface area contributed by atoms with Crippen molar-refractivity contribution in [3.63, 3.8) is 0 Å². The van der Waals surface area contributed by atoms with Gasteiger partial charge >= 0.3 is 0 Å². The molecule has 3 atom stereocenters. The Kier molecular flexibility index (Phi) is 5.03. The molecule has 1 heterocycles. The van der Waals surface area contributed by atoms with E-state index in [-0.39, 0.29) is 0 Å². The van der Waals surface area contributed by atoms with Gasteiger partial charge < -0.3 is 5.32 Å². The van der Waals surface area contributed by atoms with Crippen molar-refractivity contribution in [3.05, 3.63) is 17.5 Å². The molecule has 1 N–H and O–H groups in total. The second-order valence-corrected chi connectivity index (χ2v) is 6.27. The van der Waals surface area contributed by atoms with Crippen molar-refractivity contribution >= 4 is 0 Å². The highest BCUT2D eigenvalue weighted by atomic mass is 15.3. The van der Waals surface area contributed by atoms with E-state index in [1.54, 1.807) is 0 Å². The van der Waals surface area contributed by atoms with Crippen LogP contribution in [-0.4, -0.2) is 16.3 Å². The Hall–Kier alpha value is -0.830. The lowest BCUT2D eigenvalue weighted by Crippen LogP contribution is -2.32. The third-order valence-electron chi connectivity index (χ3n) is 4.67. The highest BCUT2D eigenvalue weighted by Crippen LogP contribution is 2.37. The quantitative estimate of drug-likeness (QED) is 0.879. The molecule has 1 aliphatic rings. The summed E-state index contributed by atoms with van der Waals surface area (Å²) in [7, 11) is 2.04. The third kappa shape index (κ3) is 3.38. The fourth-order valence-electron chi connectivity index (χ4n) is 3.44. The van der Waals surface area contributed by atoms with Gasteiger partial charge in [-0.05, 0) is 44.6 Å². The summed E-state index contributed by atoms with van der Waals surface area (Å²) in [5.74, 6) is 1.65. The molecule has 0 aliphatic heterocycles. The van der Waals surface area contributed by atoms with Crippen LogP contribution in [0.15, 0.2) is 6.20 Å². The SMILES string of the molecule is CCCNC(c1cnn(C)c1C)C1CCCC(C)C1. The van der Waals surface area contributed by atoms with Gasteiger partial charge in [-0.15, -0.1) is 0 Å². The van der Waals surface area contributed by atoms with Crippen molar-refractivity contribution in [1.29, 1.82) is 0 Å². The van der Waals surface area contributed by atoms with E-state index in [4.69, 9.17) is 0 Å². The first kappa shape index (κ1) is 14.6.